The molecule has 2 heterocycles. The maximum absolute atomic E-state index is 5.98. The maximum atomic E-state index is 5.98. The van der Waals surface area contributed by atoms with Gasteiger partial charge in [0.05, 0.1) is 12.7 Å². The average molecular weight is 246 g/mol. The van der Waals surface area contributed by atoms with Gasteiger partial charge in [-0.25, -0.2) is 0 Å². The molecule has 3 nitrogen and oxygen atoms in total. The minimum absolute atomic E-state index is 0.476. The lowest BCUT2D eigenvalue weighted by molar-refractivity contribution is 0.0374. The lowest BCUT2D eigenvalue weighted by Gasteiger charge is -2.25. The quantitative estimate of drug-likeness (QED) is 0.877. The Balaban J connectivity index is 1.47. The molecule has 1 N–H and O–H groups in total. The molecule has 0 bridgehead atoms. The van der Waals surface area contributed by atoms with E-state index in [0.29, 0.717) is 6.10 Å². The molecular formula is C15H22N2O. The molecule has 3 heteroatoms. The van der Waals surface area contributed by atoms with Gasteiger partial charge in [0, 0.05) is 18.8 Å². The first-order chi connectivity index (χ1) is 8.93. The van der Waals surface area contributed by atoms with E-state index in [1.165, 1.54) is 17.7 Å². The topological polar surface area (TPSA) is 24.5 Å². The van der Waals surface area contributed by atoms with E-state index < -0.39 is 0 Å². The average Bonchev–Trinajstić information content (AvgIpc) is 2.84. The molecule has 1 aromatic carbocycles. The summed E-state index contributed by atoms with van der Waals surface area (Å²) in [4.78, 5) is 2.45. The smallest absolute Gasteiger partial charge is 0.0645 e. The number of fused-ring (bicyclic) bond motifs is 1. The molecule has 0 aromatic heterocycles. The number of hydrogen-bond donors (Lipinski definition) is 1. The molecule has 1 saturated heterocycles. The van der Waals surface area contributed by atoms with E-state index in [9.17, 15) is 0 Å². The van der Waals surface area contributed by atoms with Gasteiger partial charge in [-0.2, -0.15) is 0 Å². The molecule has 3 rings (SSSR count). The maximum Gasteiger partial charge on any atom is 0.0645 e. The van der Waals surface area contributed by atoms with Gasteiger partial charge in [-0.1, -0.05) is 18.2 Å². The molecule has 0 spiro atoms. The fourth-order valence-electron chi connectivity index (χ4n) is 2.93. The largest absolute Gasteiger partial charge is 0.376 e. The summed E-state index contributed by atoms with van der Waals surface area (Å²) in [5.41, 5.74) is 2.89. The van der Waals surface area contributed by atoms with Gasteiger partial charge in [-0.3, -0.25) is 0 Å². The molecule has 98 valence electrons. The summed E-state index contributed by atoms with van der Waals surface area (Å²) in [5, 5.41) is 3.37. The molecule has 0 aliphatic carbocycles. The third-order valence-corrected chi connectivity index (χ3v) is 3.98. The summed E-state index contributed by atoms with van der Waals surface area (Å²) >= 11 is 0. The van der Waals surface area contributed by atoms with Crippen LogP contribution in [0.2, 0.25) is 0 Å². The molecule has 1 fully saturated rings. The van der Waals surface area contributed by atoms with Crippen LogP contribution in [-0.2, 0) is 11.2 Å². The fraction of sp³-hybridized carbons (Fsp3) is 0.600. The van der Waals surface area contributed by atoms with Crippen molar-refractivity contribution in [2.24, 2.45) is 0 Å². The normalized spacial score (nSPS) is 20.1. The van der Waals surface area contributed by atoms with Crippen molar-refractivity contribution >= 4 is 5.69 Å². The number of rotatable bonds is 4. The Morgan fingerprint density at radius 1 is 1.22 bits per heavy atom. The second-order valence-corrected chi connectivity index (χ2v) is 5.19. The first kappa shape index (κ1) is 12.0. The molecule has 18 heavy (non-hydrogen) atoms. The molecule has 1 aromatic rings. The summed E-state index contributed by atoms with van der Waals surface area (Å²) in [6.45, 7) is 5.25. The zero-order valence-electron chi connectivity index (χ0n) is 10.9. The van der Waals surface area contributed by atoms with E-state index in [0.717, 1.165) is 45.6 Å². The van der Waals surface area contributed by atoms with E-state index >= 15 is 0 Å². The number of benzene rings is 1. The standard InChI is InChI=1S/C15H22N2O/c1-2-4-15-13(3-1)7-10-17(15)11-12-18-14-5-8-16-9-6-14/h1-4,14,16H,5-12H2. The van der Waals surface area contributed by atoms with Crippen LogP contribution >= 0.6 is 0 Å². The van der Waals surface area contributed by atoms with Gasteiger partial charge in [0.15, 0.2) is 0 Å². The van der Waals surface area contributed by atoms with Crippen molar-refractivity contribution in [2.45, 2.75) is 25.4 Å². The number of piperidine rings is 1. The van der Waals surface area contributed by atoms with Gasteiger partial charge in [0.2, 0.25) is 0 Å². The molecular weight excluding hydrogens is 224 g/mol. The van der Waals surface area contributed by atoms with Crippen LogP contribution in [0.15, 0.2) is 24.3 Å². The van der Waals surface area contributed by atoms with Gasteiger partial charge < -0.3 is 15.0 Å². The molecule has 0 atom stereocenters. The van der Waals surface area contributed by atoms with Crippen molar-refractivity contribution in [3.63, 3.8) is 0 Å². The molecule has 0 amide bonds. The minimum Gasteiger partial charge on any atom is -0.376 e. The predicted molar refractivity (Wildman–Crippen MR) is 74.2 cm³/mol. The van der Waals surface area contributed by atoms with E-state index in [4.69, 9.17) is 4.74 Å². The van der Waals surface area contributed by atoms with Crippen LogP contribution in [0.1, 0.15) is 18.4 Å². The van der Waals surface area contributed by atoms with Crippen LogP contribution in [0.3, 0.4) is 0 Å². The molecule has 0 radical (unpaired) electrons. The van der Waals surface area contributed by atoms with E-state index in [-0.39, 0.29) is 0 Å². The summed E-state index contributed by atoms with van der Waals surface area (Å²) < 4.78 is 5.98. The molecule has 0 saturated carbocycles. The molecule has 2 aliphatic heterocycles. The van der Waals surface area contributed by atoms with E-state index in [1.54, 1.807) is 0 Å². The first-order valence-corrected chi connectivity index (χ1v) is 7.08. The van der Waals surface area contributed by atoms with E-state index in [2.05, 4.69) is 34.5 Å². The number of nitrogens with one attached hydrogen (secondary N) is 1. The number of nitrogens with zero attached hydrogens (tertiary/aromatic N) is 1. The number of anilines is 1. The molecule has 2 aliphatic rings. The zero-order valence-corrected chi connectivity index (χ0v) is 10.9. The number of para-hydroxylation sites is 1. The summed E-state index contributed by atoms with van der Waals surface area (Å²) in [5.74, 6) is 0. The van der Waals surface area contributed by atoms with Gasteiger partial charge >= 0.3 is 0 Å². The van der Waals surface area contributed by atoms with Gasteiger partial charge in [-0.15, -0.1) is 0 Å². The highest BCUT2D eigenvalue weighted by Crippen LogP contribution is 2.26. The van der Waals surface area contributed by atoms with Crippen LogP contribution in [0, 0.1) is 0 Å². The van der Waals surface area contributed by atoms with Crippen molar-refractivity contribution in [3.8, 4) is 0 Å². The van der Waals surface area contributed by atoms with Gasteiger partial charge in [0.1, 0.15) is 0 Å². The molecule has 0 unspecified atom stereocenters. The minimum atomic E-state index is 0.476. The van der Waals surface area contributed by atoms with Crippen LogP contribution in [0.25, 0.3) is 0 Å². The highest BCUT2D eigenvalue weighted by atomic mass is 16.5. The van der Waals surface area contributed by atoms with Crippen molar-refractivity contribution in [1.82, 2.24) is 5.32 Å². The van der Waals surface area contributed by atoms with Crippen molar-refractivity contribution in [1.29, 1.82) is 0 Å². The first-order valence-electron chi connectivity index (χ1n) is 7.08. The second kappa shape index (κ2) is 5.72. The highest BCUT2D eigenvalue weighted by molar-refractivity contribution is 5.57. The van der Waals surface area contributed by atoms with Crippen molar-refractivity contribution < 1.29 is 4.74 Å². The second-order valence-electron chi connectivity index (χ2n) is 5.19. The monoisotopic (exact) mass is 246 g/mol. The van der Waals surface area contributed by atoms with Crippen molar-refractivity contribution in [2.75, 3.05) is 37.7 Å². The third-order valence-electron chi connectivity index (χ3n) is 3.98. The Morgan fingerprint density at radius 2 is 2.06 bits per heavy atom. The van der Waals surface area contributed by atoms with Gasteiger partial charge in [0.25, 0.3) is 0 Å². The Hall–Kier alpha value is -1.06. The lowest BCUT2D eigenvalue weighted by atomic mass is 10.1. The Kier molecular flexibility index (Phi) is 3.81. The summed E-state index contributed by atoms with van der Waals surface area (Å²) in [7, 11) is 0. The Bertz CT molecular complexity index is 388. The van der Waals surface area contributed by atoms with Crippen LogP contribution in [0.5, 0.6) is 0 Å². The number of ether oxygens (including phenoxy) is 1. The summed E-state index contributed by atoms with van der Waals surface area (Å²) in [6.07, 6.45) is 3.99. The fourth-order valence-corrected chi connectivity index (χ4v) is 2.93. The predicted octanol–water partition coefficient (Wildman–Crippen LogP) is 1.82. The lowest BCUT2D eigenvalue weighted by Crippen LogP contribution is -2.34. The summed E-state index contributed by atoms with van der Waals surface area (Å²) in [6, 6.07) is 8.73. The van der Waals surface area contributed by atoms with Crippen LogP contribution in [0.4, 0.5) is 5.69 Å². The van der Waals surface area contributed by atoms with Crippen LogP contribution < -0.4 is 10.2 Å². The third kappa shape index (κ3) is 2.68. The van der Waals surface area contributed by atoms with E-state index in [1.807, 2.05) is 0 Å². The Morgan fingerprint density at radius 3 is 2.94 bits per heavy atom. The number of hydrogen-bond acceptors (Lipinski definition) is 3. The zero-order chi connectivity index (χ0) is 12.2. The van der Waals surface area contributed by atoms with Gasteiger partial charge in [-0.05, 0) is 44.0 Å². The SMILES string of the molecule is c1ccc2c(c1)CCN2CCOC1CCNCC1. The highest BCUT2D eigenvalue weighted by Gasteiger charge is 2.18. The Labute approximate surface area is 109 Å². The van der Waals surface area contributed by atoms with Crippen molar-refractivity contribution in [3.05, 3.63) is 29.8 Å². The van der Waals surface area contributed by atoms with Crippen LogP contribution in [-0.4, -0.2) is 38.9 Å².